The second-order valence-electron chi connectivity index (χ2n) is 4.67. The van der Waals surface area contributed by atoms with Crippen molar-refractivity contribution in [1.29, 1.82) is 0 Å². The molecule has 1 aliphatic rings. The predicted octanol–water partition coefficient (Wildman–Crippen LogP) is 3.72. The number of benzene rings is 1. The highest BCUT2D eigenvalue weighted by Gasteiger charge is 2.33. The van der Waals surface area contributed by atoms with E-state index in [0.717, 1.165) is 6.42 Å². The van der Waals surface area contributed by atoms with Gasteiger partial charge in [-0.2, -0.15) is 0 Å². The van der Waals surface area contributed by atoms with E-state index in [0.29, 0.717) is 17.6 Å². The fourth-order valence-electron chi connectivity index (χ4n) is 2.13. The monoisotopic (exact) mass is 334 g/mol. The van der Waals surface area contributed by atoms with Crippen LogP contribution in [0.1, 0.15) is 39.2 Å². The summed E-state index contributed by atoms with van der Waals surface area (Å²) in [6, 6.07) is 5.43. The summed E-state index contributed by atoms with van der Waals surface area (Å²) >= 11 is 0. The molecule has 0 aromatic heterocycles. The minimum absolute atomic E-state index is 0.0115. The summed E-state index contributed by atoms with van der Waals surface area (Å²) in [5.41, 5.74) is 6.33. The van der Waals surface area contributed by atoms with Crippen molar-refractivity contribution >= 4 is 17.6 Å². The molecule has 0 bridgehead atoms. The normalized spacial score (nSPS) is 16.9. The summed E-state index contributed by atoms with van der Waals surface area (Å²) in [7, 11) is 0. The summed E-state index contributed by atoms with van der Waals surface area (Å²) < 4.78 is 18.6. The molecule has 24 heavy (non-hydrogen) atoms. The van der Waals surface area contributed by atoms with Crippen molar-refractivity contribution in [3.8, 4) is 0 Å². The van der Waals surface area contributed by atoms with Crippen molar-refractivity contribution < 1.29 is 19.0 Å². The number of halogens is 1. The minimum Gasteiger partial charge on any atom is -0.478 e. The number of nitrogens with two attached hydrogens (primary N) is 1. The number of aliphatic carboxylic acids is 1. The standard InChI is InChI=1S/C16H17FN2O3.C2H6/c1-2-3-4-12-13(16(20)21)14(22-15(12)19-9-18)10-5-7-11(17)8-6-10;1-2/h4-8H,2-3,9,18H2,1H3,(H,20,21);1-2H3/b12-4-,19-15+;. The van der Waals surface area contributed by atoms with Crippen LogP contribution in [0.2, 0.25) is 0 Å². The van der Waals surface area contributed by atoms with Crippen LogP contribution in [0.25, 0.3) is 5.76 Å². The Morgan fingerprint density at radius 2 is 1.96 bits per heavy atom. The maximum absolute atomic E-state index is 13.0. The smallest absolute Gasteiger partial charge is 0.340 e. The molecule has 5 nitrogen and oxygen atoms in total. The molecule has 1 aromatic carbocycles. The van der Waals surface area contributed by atoms with Crippen LogP contribution in [-0.2, 0) is 9.53 Å². The molecule has 0 saturated heterocycles. The van der Waals surface area contributed by atoms with Crippen molar-refractivity contribution in [2.45, 2.75) is 33.6 Å². The molecule has 0 atom stereocenters. The highest BCUT2D eigenvalue weighted by molar-refractivity contribution is 6.18. The molecule has 3 N–H and O–H groups in total. The second-order valence-corrected chi connectivity index (χ2v) is 4.67. The average Bonchev–Trinajstić information content (AvgIpc) is 2.94. The van der Waals surface area contributed by atoms with E-state index in [2.05, 4.69) is 4.99 Å². The van der Waals surface area contributed by atoms with Gasteiger partial charge in [0, 0.05) is 5.56 Å². The molecule has 130 valence electrons. The van der Waals surface area contributed by atoms with Crippen LogP contribution in [0.4, 0.5) is 4.39 Å². The van der Waals surface area contributed by atoms with E-state index in [1.807, 2.05) is 20.8 Å². The zero-order chi connectivity index (χ0) is 18.1. The average molecular weight is 334 g/mol. The summed E-state index contributed by atoms with van der Waals surface area (Å²) in [6.07, 6.45) is 3.32. The van der Waals surface area contributed by atoms with Gasteiger partial charge in [0.2, 0.25) is 5.90 Å². The SMILES string of the molecule is CC.CCC/C=C1/C(C(=O)O)=C(c2ccc(F)cc2)O/C1=N/CN. The molecule has 0 saturated carbocycles. The lowest BCUT2D eigenvalue weighted by Crippen LogP contribution is -2.08. The number of aliphatic imine (C=N–C) groups is 1. The predicted molar refractivity (Wildman–Crippen MR) is 92.9 cm³/mol. The molecular formula is C18H23FN2O3. The number of allylic oxidation sites excluding steroid dienone is 1. The van der Waals surface area contributed by atoms with E-state index in [-0.39, 0.29) is 23.9 Å². The van der Waals surface area contributed by atoms with Crippen LogP contribution in [0.15, 0.2) is 46.5 Å². The van der Waals surface area contributed by atoms with E-state index in [9.17, 15) is 14.3 Å². The Kier molecular flexibility index (Phi) is 7.85. The Hall–Kier alpha value is -2.47. The van der Waals surface area contributed by atoms with E-state index in [4.69, 9.17) is 10.5 Å². The number of hydrogen-bond acceptors (Lipinski definition) is 4. The van der Waals surface area contributed by atoms with Gasteiger partial charge in [0.05, 0.1) is 12.2 Å². The van der Waals surface area contributed by atoms with Crippen LogP contribution in [0.5, 0.6) is 0 Å². The Morgan fingerprint density at radius 1 is 1.33 bits per heavy atom. The summed E-state index contributed by atoms with van der Waals surface area (Å²) in [5.74, 6) is -1.18. The number of ether oxygens (including phenoxy) is 1. The quantitative estimate of drug-likeness (QED) is 0.859. The van der Waals surface area contributed by atoms with Crippen molar-refractivity contribution in [1.82, 2.24) is 0 Å². The van der Waals surface area contributed by atoms with Crippen LogP contribution < -0.4 is 5.73 Å². The van der Waals surface area contributed by atoms with Crippen LogP contribution in [-0.4, -0.2) is 23.6 Å². The Morgan fingerprint density at radius 3 is 2.46 bits per heavy atom. The third kappa shape index (κ3) is 4.52. The van der Waals surface area contributed by atoms with Crippen LogP contribution in [0, 0.1) is 5.82 Å². The fraction of sp³-hybridized carbons (Fsp3) is 0.333. The molecule has 0 radical (unpaired) electrons. The van der Waals surface area contributed by atoms with Crippen molar-refractivity contribution in [2.24, 2.45) is 10.7 Å². The largest absolute Gasteiger partial charge is 0.478 e. The highest BCUT2D eigenvalue weighted by atomic mass is 19.1. The minimum atomic E-state index is -1.12. The van der Waals surface area contributed by atoms with E-state index >= 15 is 0 Å². The number of hydrogen-bond donors (Lipinski definition) is 2. The number of rotatable bonds is 5. The molecule has 0 amide bonds. The highest BCUT2D eigenvalue weighted by Crippen LogP contribution is 2.34. The first-order valence-electron chi connectivity index (χ1n) is 7.95. The van der Waals surface area contributed by atoms with Gasteiger partial charge in [-0.25, -0.2) is 14.2 Å². The second kappa shape index (κ2) is 9.62. The number of nitrogens with zero attached hydrogens (tertiary/aromatic N) is 1. The molecule has 0 fully saturated rings. The van der Waals surface area contributed by atoms with Crippen molar-refractivity contribution in [3.05, 3.63) is 52.9 Å². The fourth-order valence-corrected chi connectivity index (χ4v) is 2.13. The van der Waals surface area contributed by atoms with Crippen LogP contribution >= 0.6 is 0 Å². The van der Waals surface area contributed by atoms with Gasteiger partial charge >= 0.3 is 5.97 Å². The molecule has 1 aromatic rings. The van der Waals surface area contributed by atoms with Gasteiger partial charge < -0.3 is 15.6 Å². The molecule has 1 aliphatic heterocycles. The maximum Gasteiger partial charge on any atom is 0.340 e. The van der Waals surface area contributed by atoms with Gasteiger partial charge in [-0.3, -0.25) is 0 Å². The van der Waals surface area contributed by atoms with Crippen molar-refractivity contribution in [3.63, 3.8) is 0 Å². The number of carboxylic acids is 1. The topological polar surface area (TPSA) is 84.9 Å². The van der Waals surface area contributed by atoms with Gasteiger partial charge in [0.15, 0.2) is 5.76 Å². The zero-order valence-corrected chi connectivity index (χ0v) is 14.2. The van der Waals surface area contributed by atoms with Gasteiger partial charge in [0.25, 0.3) is 0 Å². The third-order valence-electron chi connectivity index (χ3n) is 3.12. The Balaban J connectivity index is 0.00000139. The first kappa shape index (κ1) is 19.6. The van der Waals surface area contributed by atoms with Gasteiger partial charge in [-0.05, 0) is 30.7 Å². The first-order chi connectivity index (χ1) is 11.6. The molecule has 0 unspecified atom stereocenters. The summed E-state index contributed by atoms with van der Waals surface area (Å²) in [4.78, 5) is 15.6. The van der Waals surface area contributed by atoms with Crippen molar-refractivity contribution in [2.75, 3.05) is 6.67 Å². The first-order valence-corrected chi connectivity index (χ1v) is 7.95. The van der Waals surface area contributed by atoms with Gasteiger partial charge in [-0.15, -0.1) is 0 Å². The van der Waals surface area contributed by atoms with Gasteiger partial charge in [0.1, 0.15) is 11.4 Å². The molecule has 0 spiro atoms. The summed E-state index contributed by atoms with van der Waals surface area (Å²) in [5, 5.41) is 9.52. The van der Waals surface area contributed by atoms with E-state index < -0.39 is 11.8 Å². The molecule has 1 heterocycles. The number of carboxylic acid groups (broad SMARTS) is 1. The molecule has 6 heteroatoms. The lowest BCUT2D eigenvalue weighted by molar-refractivity contribution is -0.132. The zero-order valence-electron chi connectivity index (χ0n) is 14.2. The third-order valence-corrected chi connectivity index (χ3v) is 3.12. The molecular weight excluding hydrogens is 311 g/mol. The molecule has 2 rings (SSSR count). The maximum atomic E-state index is 13.0. The number of carbonyl (C=O) groups is 1. The number of unbranched alkanes of at least 4 members (excludes halogenated alkanes) is 1. The van der Waals surface area contributed by atoms with E-state index in [1.165, 1.54) is 24.3 Å². The molecule has 0 aliphatic carbocycles. The Bertz CT molecular complexity index is 661. The lowest BCUT2D eigenvalue weighted by atomic mass is 10.0. The van der Waals surface area contributed by atoms with E-state index in [1.54, 1.807) is 6.08 Å². The lowest BCUT2D eigenvalue weighted by Gasteiger charge is -2.04. The van der Waals surface area contributed by atoms with Gasteiger partial charge in [-0.1, -0.05) is 33.3 Å². The van der Waals surface area contributed by atoms with Crippen LogP contribution in [0.3, 0.4) is 0 Å². The Labute approximate surface area is 141 Å². The summed E-state index contributed by atoms with van der Waals surface area (Å²) in [6.45, 7) is 5.97.